The van der Waals surface area contributed by atoms with Gasteiger partial charge in [-0.15, -0.1) is 0 Å². The molecule has 5 rings (SSSR count). The molecule has 34 heavy (non-hydrogen) atoms. The van der Waals surface area contributed by atoms with Gasteiger partial charge in [-0.1, -0.05) is 13.8 Å². The quantitative estimate of drug-likeness (QED) is 0.666. The predicted molar refractivity (Wildman–Crippen MR) is 129 cm³/mol. The lowest BCUT2D eigenvalue weighted by Gasteiger charge is -2.35. The first-order chi connectivity index (χ1) is 15.9. The zero-order valence-electron chi connectivity index (χ0n) is 21.0. The molecule has 1 aliphatic carbocycles. The summed E-state index contributed by atoms with van der Waals surface area (Å²) in [5, 5.41) is 10.2. The molecule has 1 saturated carbocycles. The number of aromatic nitrogens is 2. The Bertz CT molecular complexity index is 1090. The number of rotatable bonds is 3. The minimum Gasteiger partial charge on any atom is -0.464 e. The topological polar surface area (TPSA) is 92.0 Å². The van der Waals surface area contributed by atoms with Gasteiger partial charge in [-0.05, 0) is 64.2 Å². The number of carboxylic acid groups (broad SMARTS) is 1. The fourth-order valence-corrected chi connectivity index (χ4v) is 5.55. The van der Waals surface area contributed by atoms with Gasteiger partial charge in [-0.2, -0.15) is 0 Å². The molecule has 2 saturated heterocycles. The molecule has 4 heterocycles. The van der Waals surface area contributed by atoms with E-state index in [-0.39, 0.29) is 11.8 Å². The van der Waals surface area contributed by atoms with E-state index in [0.717, 1.165) is 36.9 Å². The second-order valence-corrected chi connectivity index (χ2v) is 11.1. The van der Waals surface area contributed by atoms with Crippen LogP contribution in [0, 0.1) is 0 Å². The van der Waals surface area contributed by atoms with Gasteiger partial charge in [-0.25, -0.2) is 4.79 Å². The highest BCUT2D eigenvalue weighted by Gasteiger charge is 2.54. The Morgan fingerprint density at radius 3 is 2.21 bits per heavy atom. The maximum Gasteiger partial charge on any atom is 0.513 e. The maximum absolute atomic E-state index is 12.5. The smallest absolute Gasteiger partial charge is 0.464 e. The van der Waals surface area contributed by atoms with Crippen molar-refractivity contribution in [2.45, 2.75) is 96.1 Å². The maximum atomic E-state index is 12.5. The molecule has 1 spiro atoms. The van der Waals surface area contributed by atoms with E-state index in [0.29, 0.717) is 29.8 Å². The first kappa shape index (κ1) is 23.8. The number of hydrogen-bond acceptors (Lipinski definition) is 6. The van der Waals surface area contributed by atoms with Crippen molar-refractivity contribution in [2.75, 3.05) is 13.2 Å². The van der Waals surface area contributed by atoms with E-state index in [9.17, 15) is 9.90 Å². The van der Waals surface area contributed by atoms with Gasteiger partial charge in [0.2, 0.25) is 0 Å². The molecule has 3 fully saturated rings. The summed E-state index contributed by atoms with van der Waals surface area (Å²) in [7, 11) is -0.789. The zero-order valence-corrected chi connectivity index (χ0v) is 21.0. The van der Waals surface area contributed by atoms with Gasteiger partial charge >= 0.3 is 13.2 Å². The Hall–Kier alpha value is -1.94. The highest BCUT2D eigenvalue weighted by atomic mass is 16.7. The molecule has 0 unspecified atom stereocenters. The third-order valence-corrected chi connectivity index (χ3v) is 8.13. The van der Waals surface area contributed by atoms with Crippen molar-refractivity contribution in [3.8, 4) is 0 Å². The molecule has 0 amide bonds. The molecule has 9 heteroatoms. The van der Waals surface area contributed by atoms with Crippen LogP contribution in [0.4, 0.5) is 4.79 Å². The highest BCUT2D eigenvalue weighted by Crippen LogP contribution is 2.43. The average molecular weight is 470 g/mol. The van der Waals surface area contributed by atoms with Crippen LogP contribution in [0.3, 0.4) is 0 Å². The second kappa shape index (κ2) is 8.05. The molecular formula is C25H35BN2O6. The molecule has 0 atom stereocenters. The van der Waals surface area contributed by atoms with Gasteiger partial charge < -0.3 is 23.9 Å². The van der Waals surface area contributed by atoms with Crippen LogP contribution >= 0.6 is 0 Å². The summed E-state index contributed by atoms with van der Waals surface area (Å²) in [5.74, 6) is -0.0913. The lowest BCUT2D eigenvalue weighted by molar-refractivity contribution is -0.178. The van der Waals surface area contributed by atoms with Crippen LogP contribution in [0.25, 0.3) is 11.0 Å². The Morgan fingerprint density at radius 2 is 1.68 bits per heavy atom. The first-order valence-corrected chi connectivity index (χ1v) is 12.4. The summed E-state index contributed by atoms with van der Waals surface area (Å²) < 4.78 is 25.7. The van der Waals surface area contributed by atoms with Crippen molar-refractivity contribution < 1.29 is 28.7 Å². The summed E-state index contributed by atoms with van der Waals surface area (Å²) >= 11 is 0. The van der Waals surface area contributed by atoms with Crippen LogP contribution < -0.4 is 5.59 Å². The molecule has 2 aliphatic heterocycles. The SMILES string of the molecule is CC(C)c1c(B2OC(C)(C)C(C)(C)O2)n(C(=O)O)c2ccc(C3CCC4(CC3)OCCO4)nc12. The van der Waals surface area contributed by atoms with Crippen molar-refractivity contribution in [2.24, 2.45) is 0 Å². The summed E-state index contributed by atoms with van der Waals surface area (Å²) in [6.45, 7) is 13.3. The van der Waals surface area contributed by atoms with Gasteiger partial charge in [0, 0.05) is 24.5 Å². The largest absolute Gasteiger partial charge is 0.513 e. The molecule has 0 bridgehead atoms. The zero-order chi connectivity index (χ0) is 24.5. The second-order valence-electron chi connectivity index (χ2n) is 11.1. The fraction of sp³-hybridized carbons (Fsp3) is 0.680. The number of pyridine rings is 1. The van der Waals surface area contributed by atoms with Crippen LogP contribution in [0.15, 0.2) is 12.1 Å². The minimum absolute atomic E-state index is 0.0368. The number of carbonyl (C=O) groups is 1. The Morgan fingerprint density at radius 1 is 1.09 bits per heavy atom. The monoisotopic (exact) mass is 470 g/mol. The van der Waals surface area contributed by atoms with Crippen LogP contribution in [0.5, 0.6) is 0 Å². The minimum atomic E-state index is -1.06. The highest BCUT2D eigenvalue weighted by molar-refractivity contribution is 6.63. The molecular weight excluding hydrogens is 435 g/mol. The number of fused-ring (bicyclic) bond motifs is 1. The predicted octanol–water partition coefficient (Wildman–Crippen LogP) is 4.39. The first-order valence-electron chi connectivity index (χ1n) is 12.4. The van der Waals surface area contributed by atoms with Crippen molar-refractivity contribution in [3.05, 3.63) is 23.4 Å². The van der Waals surface area contributed by atoms with E-state index >= 15 is 0 Å². The molecule has 0 aromatic carbocycles. The van der Waals surface area contributed by atoms with Crippen LogP contribution in [0.1, 0.15) is 90.3 Å². The lowest BCUT2D eigenvalue weighted by atomic mass is 9.78. The van der Waals surface area contributed by atoms with Crippen LogP contribution in [0.2, 0.25) is 0 Å². The molecule has 8 nitrogen and oxygen atoms in total. The van der Waals surface area contributed by atoms with Gasteiger partial charge in [0.15, 0.2) is 5.79 Å². The molecule has 2 aromatic rings. The Labute approximate surface area is 201 Å². The molecule has 184 valence electrons. The van der Waals surface area contributed by atoms with Gasteiger partial charge in [0.25, 0.3) is 0 Å². The normalized spacial score (nSPS) is 24.0. The van der Waals surface area contributed by atoms with Gasteiger partial charge in [0.05, 0.1) is 41.0 Å². The van der Waals surface area contributed by atoms with Crippen molar-refractivity contribution in [1.82, 2.24) is 9.55 Å². The van der Waals surface area contributed by atoms with E-state index in [4.69, 9.17) is 23.8 Å². The van der Waals surface area contributed by atoms with Crippen molar-refractivity contribution >= 4 is 29.8 Å². The third kappa shape index (κ3) is 3.68. The van der Waals surface area contributed by atoms with Crippen LogP contribution in [-0.4, -0.2) is 58.1 Å². The molecule has 0 radical (unpaired) electrons. The fourth-order valence-electron chi connectivity index (χ4n) is 5.55. The van der Waals surface area contributed by atoms with Gasteiger partial charge in [-0.3, -0.25) is 9.55 Å². The number of ether oxygens (including phenoxy) is 2. The average Bonchev–Trinajstić information content (AvgIpc) is 3.40. The standard InChI is InChI=1S/C25H35BN2O6/c1-15(2)19-20-18(28(22(29)30)21(19)26-33-23(3,4)24(5,6)34-26)8-7-17(27-20)16-9-11-25(12-10-16)31-13-14-32-25/h7-8,15-16H,9-14H2,1-6H3,(H,29,30). The molecule has 1 N–H and O–H groups in total. The van der Waals surface area contributed by atoms with E-state index in [1.165, 1.54) is 4.57 Å². The Balaban J connectivity index is 1.57. The van der Waals surface area contributed by atoms with E-state index in [1.54, 1.807) is 0 Å². The summed E-state index contributed by atoms with van der Waals surface area (Å²) in [6.07, 6.45) is 2.50. The number of nitrogens with zero attached hydrogens (tertiary/aromatic N) is 2. The van der Waals surface area contributed by atoms with E-state index in [2.05, 4.69) is 13.8 Å². The summed E-state index contributed by atoms with van der Waals surface area (Å²) in [5.41, 5.74) is 2.51. The van der Waals surface area contributed by atoms with E-state index in [1.807, 2.05) is 39.8 Å². The van der Waals surface area contributed by atoms with Crippen LogP contribution in [-0.2, 0) is 18.8 Å². The molecule has 3 aliphatic rings. The van der Waals surface area contributed by atoms with Gasteiger partial charge in [0.1, 0.15) is 0 Å². The number of hydrogen-bond donors (Lipinski definition) is 1. The van der Waals surface area contributed by atoms with E-state index < -0.39 is 30.2 Å². The Kier molecular flexibility index (Phi) is 5.63. The summed E-state index contributed by atoms with van der Waals surface area (Å²) in [4.78, 5) is 17.5. The lowest BCUT2D eigenvalue weighted by Crippen LogP contribution is -2.43. The summed E-state index contributed by atoms with van der Waals surface area (Å²) in [6, 6.07) is 3.86. The van der Waals surface area contributed by atoms with Crippen molar-refractivity contribution in [3.63, 3.8) is 0 Å². The molecule has 2 aromatic heterocycles. The third-order valence-electron chi connectivity index (χ3n) is 8.13. The van der Waals surface area contributed by atoms with Crippen molar-refractivity contribution in [1.29, 1.82) is 0 Å².